The Balaban J connectivity index is 2.27. The van der Waals surface area contributed by atoms with Crippen LogP contribution in [0.4, 0.5) is 5.82 Å². The van der Waals surface area contributed by atoms with Gasteiger partial charge in [0.2, 0.25) is 10.0 Å². The third kappa shape index (κ3) is 3.29. The van der Waals surface area contributed by atoms with Gasteiger partial charge in [-0.25, -0.2) is 12.7 Å². The van der Waals surface area contributed by atoms with Crippen LogP contribution in [-0.4, -0.2) is 37.9 Å². The van der Waals surface area contributed by atoms with Crippen molar-refractivity contribution in [2.24, 2.45) is 0 Å². The van der Waals surface area contributed by atoms with Crippen LogP contribution in [0.5, 0.6) is 0 Å². The first-order chi connectivity index (χ1) is 9.80. The van der Waals surface area contributed by atoms with Crippen molar-refractivity contribution in [1.29, 1.82) is 0 Å². The third-order valence-corrected chi connectivity index (χ3v) is 4.56. The van der Waals surface area contributed by atoms with Gasteiger partial charge in [0, 0.05) is 25.7 Å². The molecule has 0 aliphatic rings. The minimum Gasteiger partial charge on any atom is -0.360 e. The van der Waals surface area contributed by atoms with E-state index in [2.05, 4.69) is 10.5 Å². The summed E-state index contributed by atoms with van der Waals surface area (Å²) >= 11 is 0. The van der Waals surface area contributed by atoms with Crippen molar-refractivity contribution in [2.45, 2.75) is 11.8 Å². The number of benzene rings is 1. The molecule has 1 amide bonds. The molecule has 1 aromatic heterocycles. The molecule has 0 bridgehead atoms. The van der Waals surface area contributed by atoms with Gasteiger partial charge in [-0.1, -0.05) is 11.2 Å². The first kappa shape index (κ1) is 15.2. The average Bonchev–Trinajstić information content (AvgIpc) is 2.84. The van der Waals surface area contributed by atoms with Crippen molar-refractivity contribution >= 4 is 21.7 Å². The Morgan fingerprint density at radius 2 is 2.00 bits per heavy atom. The minimum absolute atomic E-state index is 0.0523. The van der Waals surface area contributed by atoms with Crippen LogP contribution in [0.15, 0.2) is 39.8 Å². The molecule has 0 aliphatic carbocycles. The Labute approximate surface area is 122 Å². The SMILES string of the molecule is Cc1cc(NC(=O)c2cccc(S(=O)(=O)N(C)C)c2)no1. The van der Waals surface area contributed by atoms with Crippen LogP contribution in [0.25, 0.3) is 0 Å². The summed E-state index contributed by atoms with van der Waals surface area (Å²) in [7, 11) is -0.721. The van der Waals surface area contributed by atoms with Crippen LogP contribution >= 0.6 is 0 Å². The fourth-order valence-electron chi connectivity index (χ4n) is 1.62. The lowest BCUT2D eigenvalue weighted by Gasteiger charge is -2.12. The molecule has 112 valence electrons. The van der Waals surface area contributed by atoms with E-state index in [0.717, 1.165) is 4.31 Å². The quantitative estimate of drug-likeness (QED) is 0.923. The van der Waals surface area contributed by atoms with E-state index >= 15 is 0 Å². The van der Waals surface area contributed by atoms with Gasteiger partial charge in [-0.15, -0.1) is 0 Å². The second-order valence-electron chi connectivity index (χ2n) is 4.59. The summed E-state index contributed by atoms with van der Waals surface area (Å²) in [4.78, 5) is 12.1. The zero-order valence-electron chi connectivity index (χ0n) is 11.8. The summed E-state index contributed by atoms with van der Waals surface area (Å²) < 4.78 is 30.0. The summed E-state index contributed by atoms with van der Waals surface area (Å²) in [6, 6.07) is 7.36. The zero-order valence-corrected chi connectivity index (χ0v) is 12.6. The molecule has 0 radical (unpaired) electrons. The van der Waals surface area contributed by atoms with E-state index in [9.17, 15) is 13.2 Å². The number of aryl methyl sites for hydroxylation is 1. The van der Waals surface area contributed by atoms with Crippen molar-refractivity contribution in [3.05, 3.63) is 41.7 Å². The lowest BCUT2D eigenvalue weighted by molar-refractivity contribution is 0.102. The van der Waals surface area contributed by atoms with Gasteiger partial charge in [0.05, 0.1) is 4.90 Å². The molecule has 2 aromatic rings. The number of rotatable bonds is 4. The molecule has 1 N–H and O–H groups in total. The Kier molecular flexibility index (Phi) is 4.10. The van der Waals surface area contributed by atoms with E-state index in [1.165, 1.54) is 38.4 Å². The number of anilines is 1. The molecule has 0 spiro atoms. The molecule has 1 aromatic carbocycles. The maximum Gasteiger partial charge on any atom is 0.256 e. The monoisotopic (exact) mass is 309 g/mol. The van der Waals surface area contributed by atoms with Crippen LogP contribution in [0.3, 0.4) is 0 Å². The summed E-state index contributed by atoms with van der Waals surface area (Å²) in [6.45, 7) is 1.70. The molecule has 0 fully saturated rings. The molecule has 7 nitrogen and oxygen atoms in total. The number of nitrogens with zero attached hydrogens (tertiary/aromatic N) is 2. The van der Waals surface area contributed by atoms with Gasteiger partial charge in [-0.05, 0) is 25.1 Å². The number of carbonyl (C=O) groups is 1. The van der Waals surface area contributed by atoms with Crippen LogP contribution < -0.4 is 5.32 Å². The second-order valence-corrected chi connectivity index (χ2v) is 6.74. The molecule has 0 atom stereocenters. The van der Waals surface area contributed by atoms with Crippen LogP contribution in [0, 0.1) is 6.92 Å². The molecule has 0 saturated carbocycles. The highest BCUT2D eigenvalue weighted by molar-refractivity contribution is 7.89. The summed E-state index contributed by atoms with van der Waals surface area (Å²) in [6.07, 6.45) is 0. The Hall–Kier alpha value is -2.19. The highest BCUT2D eigenvalue weighted by atomic mass is 32.2. The lowest BCUT2D eigenvalue weighted by atomic mass is 10.2. The van der Waals surface area contributed by atoms with Crippen molar-refractivity contribution in [3.63, 3.8) is 0 Å². The van der Waals surface area contributed by atoms with E-state index < -0.39 is 15.9 Å². The number of hydrogen-bond acceptors (Lipinski definition) is 5. The molecule has 1 heterocycles. The zero-order chi connectivity index (χ0) is 15.6. The van der Waals surface area contributed by atoms with E-state index in [1.54, 1.807) is 13.0 Å². The topological polar surface area (TPSA) is 92.5 Å². The van der Waals surface area contributed by atoms with Gasteiger partial charge in [0.15, 0.2) is 5.82 Å². The molecule has 8 heteroatoms. The third-order valence-electron chi connectivity index (χ3n) is 2.74. The first-order valence-corrected chi connectivity index (χ1v) is 7.52. The predicted molar refractivity (Wildman–Crippen MR) is 76.5 cm³/mol. The minimum atomic E-state index is -3.58. The number of hydrogen-bond donors (Lipinski definition) is 1. The van der Waals surface area contributed by atoms with Gasteiger partial charge < -0.3 is 9.84 Å². The second kappa shape index (κ2) is 5.66. The molecule has 0 unspecified atom stereocenters. The smallest absolute Gasteiger partial charge is 0.256 e. The van der Waals surface area contributed by atoms with E-state index in [4.69, 9.17) is 4.52 Å². The van der Waals surface area contributed by atoms with Gasteiger partial charge in [0.1, 0.15) is 5.76 Å². The fraction of sp³-hybridized carbons (Fsp3) is 0.231. The van der Waals surface area contributed by atoms with Crippen LogP contribution in [0.1, 0.15) is 16.1 Å². The van der Waals surface area contributed by atoms with E-state index in [-0.39, 0.29) is 16.3 Å². The van der Waals surface area contributed by atoms with Crippen molar-refractivity contribution in [1.82, 2.24) is 9.46 Å². The predicted octanol–water partition coefficient (Wildman–Crippen LogP) is 1.49. The summed E-state index contributed by atoms with van der Waals surface area (Å²) in [5, 5.41) is 6.18. The Morgan fingerprint density at radius 3 is 2.57 bits per heavy atom. The largest absolute Gasteiger partial charge is 0.360 e. The number of carbonyl (C=O) groups excluding carboxylic acids is 1. The maximum absolute atomic E-state index is 12.1. The van der Waals surface area contributed by atoms with Gasteiger partial charge in [-0.2, -0.15) is 0 Å². The molecular weight excluding hydrogens is 294 g/mol. The number of amides is 1. The highest BCUT2D eigenvalue weighted by Gasteiger charge is 2.19. The van der Waals surface area contributed by atoms with E-state index in [0.29, 0.717) is 5.76 Å². The number of sulfonamides is 1. The lowest BCUT2D eigenvalue weighted by Crippen LogP contribution is -2.22. The van der Waals surface area contributed by atoms with E-state index in [1.807, 2.05) is 0 Å². The number of nitrogens with one attached hydrogen (secondary N) is 1. The van der Waals surface area contributed by atoms with Crippen molar-refractivity contribution < 1.29 is 17.7 Å². The average molecular weight is 309 g/mol. The first-order valence-electron chi connectivity index (χ1n) is 6.08. The molecule has 0 saturated heterocycles. The number of aromatic nitrogens is 1. The van der Waals surface area contributed by atoms with Gasteiger partial charge >= 0.3 is 0 Å². The highest BCUT2D eigenvalue weighted by Crippen LogP contribution is 2.16. The van der Waals surface area contributed by atoms with Gasteiger partial charge in [-0.3, -0.25) is 4.79 Å². The normalized spacial score (nSPS) is 11.6. The maximum atomic E-state index is 12.1. The Morgan fingerprint density at radius 1 is 1.29 bits per heavy atom. The van der Waals surface area contributed by atoms with Crippen molar-refractivity contribution in [3.8, 4) is 0 Å². The summed E-state index contributed by atoms with van der Waals surface area (Å²) in [5.74, 6) is 0.381. The molecule has 0 aliphatic heterocycles. The van der Waals surface area contributed by atoms with Crippen LogP contribution in [0.2, 0.25) is 0 Å². The molecule has 2 rings (SSSR count). The molecular formula is C13H15N3O4S. The van der Waals surface area contributed by atoms with Crippen LogP contribution in [-0.2, 0) is 10.0 Å². The fourth-order valence-corrected chi connectivity index (χ4v) is 2.57. The van der Waals surface area contributed by atoms with Crippen molar-refractivity contribution in [2.75, 3.05) is 19.4 Å². The Bertz CT molecular complexity index is 765. The standard InChI is InChI=1S/C13H15N3O4S/c1-9-7-12(15-20-9)14-13(17)10-5-4-6-11(8-10)21(18,19)16(2)3/h4-8H,1-3H3,(H,14,15,17). The molecule has 21 heavy (non-hydrogen) atoms. The van der Waals surface area contributed by atoms with Gasteiger partial charge in [0.25, 0.3) is 5.91 Å². The summed E-state index contributed by atoms with van der Waals surface area (Å²) in [5.41, 5.74) is 0.221.